The van der Waals surface area contributed by atoms with E-state index in [0.717, 1.165) is 18.1 Å². The molecule has 0 spiro atoms. The fourth-order valence-electron chi connectivity index (χ4n) is 0.637. The van der Waals surface area contributed by atoms with Crippen molar-refractivity contribution in [1.82, 2.24) is 5.32 Å². The lowest BCUT2D eigenvalue weighted by atomic mass is 10.1. The van der Waals surface area contributed by atoms with Crippen molar-refractivity contribution in [3.8, 4) is 0 Å². The van der Waals surface area contributed by atoms with Gasteiger partial charge in [0.15, 0.2) is 0 Å². The van der Waals surface area contributed by atoms with Crippen molar-refractivity contribution >= 4 is 11.8 Å². The van der Waals surface area contributed by atoms with Crippen LogP contribution in [0.15, 0.2) is 0 Å². The average Bonchev–Trinajstić information content (AvgIpc) is 2.12. The van der Waals surface area contributed by atoms with Crippen molar-refractivity contribution in [1.29, 1.82) is 0 Å². The summed E-state index contributed by atoms with van der Waals surface area (Å²) in [5.74, 6) is 1.89. The molecule has 0 amide bonds. The molecule has 0 rings (SSSR count). The van der Waals surface area contributed by atoms with Gasteiger partial charge in [0.1, 0.15) is 0 Å². The van der Waals surface area contributed by atoms with Gasteiger partial charge in [-0.2, -0.15) is 11.8 Å². The van der Waals surface area contributed by atoms with E-state index in [4.69, 9.17) is 9.84 Å². The SMILES string of the molecule is CNC(C)(CO)CSCCOC. The fraction of sp³-hybridized carbons (Fsp3) is 1.00. The predicted octanol–water partition coefficient (Wildman–Crippen LogP) is 0.336. The van der Waals surface area contributed by atoms with Crippen LogP contribution >= 0.6 is 11.8 Å². The number of hydrogen-bond donors (Lipinski definition) is 2. The zero-order valence-corrected chi connectivity index (χ0v) is 8.91. The van der Waals surface area contributed by atoms with Crippen molar-refractivity contribution in [2.24, 2.45) is 0 Å². The lowest BCUT2D eigenvalue weighted by Gasteiger charge is -2.26. The Morgan fingerprint density at radius 2 is 2.25 bits per heavy atom. The molecule has 0 aromatic carbocycles. The second-order valence-corrected chi connectivity index (χ2v) is 4.12. The molecule has 0 aromatic heterocycles. The molecule has 0 aliphatic rings. The van der Waals surface area contributed by atoms with Crippen molar-refractivity contribution in [2.45, 2.75) is 12.5 Å². The van der Waals surface area contributed by atoms with Gasteiger partial charge >= 0.3 is 0 Å². The Hall–Kier alpha value is 0.230. The highest BCUT2D eigenvalue weighted by atomic mass is 32.2. The minimum absolute atomic E-state index is 0.154. The van der Waals surface area contributed by atoms with E-state index in [1.165, 1.54) is 0 Å². The van der Waals surface area contributed by atoms with Crippen molar-refractivity contribution in [3.05, 3.63) is 0 Å². The van der Waals surface area contributed by atoms with Crippen molar-refractivity contribution < 1.29 is 9.84 Å². The Morgan fingerprint density at radius 3 is 2.67 bits per heavy atom. The van der Waals surface area contributed by atoms with Crippen LogP contribution in [0.25, 0.3) is 0 Å². The molecule has 3 nitrogen and oxygen atoms in total. The van der Waals surface area contributed by atoms with Crippen molar-refractivity contribution in [2.75, 3.05) is 38.9 Å². The van der Waals surface area contributed by atoms with Crippen LogP contribution in [0.2, 0.25) is 0 Å². The number of ether oxygens (including phenoxy) is 1. The number of aliphatic hydroxyl groups excluding tert-OH is 1. The zero-order chi connectivity index (χ0) is 9.45. The van der Waals surface area contributed by atoms with Gasteiger partial charge < -0.3 is 15.2 Å². The summed E-state index contributed by atoms with van der Waals surface area (Å²) in [4.78, 5) is 0. The summed E-state index contributed by atoms with van der Waals surface area (Å²) in [5, 5.41) is 12.1. The third-order valence-corrected chi connectivity index (χ3v) is 3.10. The molecule has 12 heavy (non-hydrogen) atoms. The number of likely N-dealkylation sites (N-methyl/N-ethyl adjacent to an activating group) is 1. The van der Waals surface area contributed by atoms with E-state index < -0.39 is 0 Å². The maximum absolute atomic E-state index is 9.03. The number of thioether (sulfide) groups is 1. The third-order valence-electron chi connectivity index (χ3n) is 1.80. The molecule has 0 bridgehead atoms. The van der Waals surface area contributed by atoms with E-state index in [9.17, 15) is 0 Å². The molecule has 0 aromatic rings. The maximum Gasteiger partial charge on any atom is 0.0618 e. The van der Waals surface area contributed by atoms with Crippen LogP contribution in [0.4, 0.5) is 0 Å². The molecule has 0 saturated heterocycles. The van der Waals surface area contributed by atoms with Crippen LogP contribution in [-0.2, 0) is 4.74 Å². The van der Waals surface area contributed by atoms with E-state index in [-0.39, 0.29) is 12.1 Å². The summed E-state index contributed by atoms with van der Waals surface area (Å²) in [7, 11) is 3.57. The predicted molar refractivity (Wildman–Crippen MR) is 53.8 cm³/mol. The second kappa shape index (κ2) is 6.71. The standard InChI is InChI=1S/C8H19NO2S/c1-8(6-10,9-2)7-12-5-4-11-3/h9-10H,4-7H2,1-3H3. The van der Waals surface area contributed by atoms with Crippen LogP contribution in [0.5, 0.6) is 0 Å². The Balaban J connectivity index is 3.45. The molecule has 1 atom stereocenters. The Morgan fingerprint density at radius 1 is 1.58 bits per heavy atom. The Kier molecular flexibility index (Phi) is 6.84. The topological polar surface area (TPSA) is 41.5 Å². The summed E-state index contributed by atoms with van der Waals surface area (Å²) in [6.45, 7) is 2.95. The highest BCUT2D eigenvalue weighted by Crippen LogP contribution is 2.11. The highest BCUT2D eigenvalue weighted by Gasteiger charge is 2.19. The van der Waals surface area contributed by atoms with Crippen LogP contribution in [-0.4, -0.2) is 49.5 Å². The number of methoxy groups -OCH3 is 1. The molecule has 0 radical (unpaired) electrons. The molecule has 0 fully saturated rings. The van der Waals surface area contributed by atoms with Gasteiger partial charge in [-0.3, -0.25) is 0 Å². The van der Waals surface area contributed by atoms with Gasteiger partial charge in [0.05, 0.1) is 13.2 Å². The maximum atomic E-state index is 9.03. The van der Waals surface area contributed by atoms with Crippen LogP contribution < -0.4 is 5.32 Å². The van der Waals surface area contributed by atoms with Gasteiger partial charge in [-0.15, -0.1) is 0 Å². The Labute approximate surface area is 78.9 Å². The van der Waals surface area contributed by atoms with Gasteiger partial charge in [-0.1, -0.05) is 0 Å². The van der Waals surface area contributed by atoms with E-state index in [0.29, 0.717) is 0 Å². The third kappa shape index (κ3) is 4.98. The summed E-state index contributed by atoms with van der Waals surface area (Å²) >= 11 is 1.79. The molecule has 74 valence electrons. The van der Waals surface area contributed by atoms with E-state index in [1.54, 1.807) is 18.9 Å². The number of nitrogens with one attached hydrogen (secondary N) is 1. The second-order valence-electron chi connectivity index (χ2n) is 3.01. The molecule has 2 N–H and O–H groups in total. The van der Waals surface area contributed by atoms with E-state index in [1.807, 2.05) is 14.0 Å². The number of aliphatic hydroxyl groups is 1. The minimum atomic E-state index is -0.154. The fourth-order valence-corrected chi connectivity index (χ4v) is 1.75. The summed E-state index contributed by atoms with van der Waals surface area (Å²) < 4.78 is 4.92. The van der Waals surface area contributed by atoms with E-state index >= 15 is 0 Å². The van der Waals surface area contributed by atoms with Crippen LogP contribution in [0.1, 0.15) is 6.92 Å². The smallest absolute Gasteiger partial charge is 0.0618 e. The first-order chi connectivity index (χ1) is 5.68. The van der Waals surface area contributed by atoms with Gasteiger partial charge in [-0.25, -0.2) is 0 Å². The number of rotatable bonds is 7. The zero-order valence-electron chi connectivity index (χ0n) is 8.09. The molecule has 0 saturated carbocycles. The monoisotopic (exact) mass is 193 g/mol. The normalized spacial score (nSPS) is 16.0. The minimum Gasteiger partial charge on any atom is -0.394 e. The first kappa shape index (κ1) is 12.2. The molecule has 0 heterocycles. The Bertz CT molecular complexity index is 107. The highest BCUT2D eigenvalue weighted by molar-refractivity contribution is 7.99. The molecule has 0 aliphatic heterocycles. The van der Waals surface area contributed by atoms with Gasteiger partial charge in [0, 0.05) is 24.2 Å². The van der Waals surface area contributed by atoms with Gasteiger partial charge in [0.2, 0.25) is 0 Å². The first-order valence-corrected chi connectivity index (χ1v) is 5.20. The quantitative estimate of drug-likeness (QED) is 0.572. The molecular formula is C8H19NO2S. The molecule has 1 unspecified atom stereocenters. The summed E-state index contributed by atoms with van der Waals surface area (Å²) in [6.07, 6.45) is 0. The lowest BCUT2D eigenvalue weighted by molar-refractivity contribution is 0.199. The molecular weight excluding hydrogens is 174 g/mol. The van der Waals surface area contributed by atoms with Crippen LogP contribution in [0.3, 0.4) is 0 Å². The average molecular weight is 193 g/mol. The molecule has 4 heteroatoms. The summed E-state index contributed by atoms with van der Waals surface area (Å²) in [5.41, 5.74) is -0.154. The van der Waals surface area contributed by atoms with Crippen molar-refractivity contribution in [3.63, 3.8) is 0 Å². The van der Waals surface area contributed by atoms with Gasteiger partial charge in [0.25, 0.3) is 0 Å². The molecule has 0 aliphatic carbocycles. The van der Waals surface area contributed by atoms with Gasteiger partial charge in [-0.05, 0) is 14.0 Å². The largest absolute Gasteiger partial charge is 0.394 e. The first-order valence-electron chi connectivity index (χ1n) is 4.05. The van der Waals surface area contributed by atoms with E-state index in [2.05, 4.69) is 5.32 Å². The summed E-state index contributed by atoms with van der Waals surface area (Å²) in [6, 6.07) is 0. The number of hydrogen-bond acceptors (Lipinski definition) is 4. The van der Waals surface area contributed by atoms with Crippen LogP contribution in [0, 0.1) is 0 Å². The lowest BCUT2D eigenvalue weighted by Crippen LogP contribution is -2.45.